The van der Waals surface area contributed by atoms with Crippen LogP contribution in [0.4, 0.5) is 0 Å². The molecule has 2 aromatic rings. The zero-order chi connectivity index (χ0) is 11.2. The Kier molecular flexibility index (Phi) is 2.06. The summed E-state index contributed by atoms with van der Waals surface area (Å²) in [4.78, 5) is 0. The molecule has 0 bridgehead atoms. The molecule has 1 aliphatic rings. The fourth-order valence-electron chi connectivity index (χ4n) is 2.66. The molecule has 1 aromatic carbocycles. The zero-order valence-electron chi connectivity index (χ0n) is 9.02. The van der Waals surface area contributed by atoms with E-state index in [1.807, 2.05) is 12.1 Å². The number of aliphatic hydroxyl groups excluding tert-OH is 1. The Morgan fingerprint density at radius 3 is 2.88 bits per heavy atom. The SMILES string of the molecule is NCC1(c2ccc3occc3c2)CC(O)C1. The number of benzene rings is 1. The lowest BCUT2D eigenvalue weighted by molar-refractivity contribution is 0.0222. The summed E-state index contributed by atoms with van der Waals surface area (Å²) in [6.45, 7) is 0.591. The third-order valence-electron chi connectivity index (χ3n) is 3.71. The van der Waals surface area contributed by atoms with E-state index in [0.29, 0.717) is 6.54 Å². The summed E-state index contributed by atoms with van der Waals surface area (Å²) in [6, 6.07) is 8.12. The van der Waals surface area contributed by atoms with E-state index in [9.17, 15) is 5.11 Å². The largest absolute Gasteiger partial charge is 0.464 e. The van der Waals surface area contributed by atoms with Crippen molar-refractivity contribution in [2.75, 3.05) is 6.54 Å². The molecule has 1 saturated carbocycles. The standard InChI is InChI=1S/C13H15NO2/c14-8-13(6-11(15)7-13)10-1-2-12-9(5-10)3-4-16-12/h1-5,11,15H,6-8,14H2. The summed E-state index contributed by atoms with van der Waals surface area (Å²) in [5.74, 6) is 0. The highest BCUT2D eigenvalue weighted by atomic mass is 16.3. The van der Waals surface area contributed by atoms with Gasteiger partial charge in [0, 0.05) is 17.3 Å². The van der Waals surface area contributed by atoms with Crippen LogP contribution in [0.1, 0.15) is 18.4 Å². The Bertz CT molecular complexity index is 511. The third kappa shape index (κ3) is 1.29. The number of hydrogen-bond donors (Lipinski definition) is 2. The van der Waals surface area contributed by atoms with Crippen LogP contribution in [-0.4, -0.2) is 17.8 Å². The van der Waals surface area contributed by atoms with E-state index in [-0.39, 0.29) is 11.5 Å². The summed E-state index contributed by atoms with van der Waals surface area (Å²) >= 11 is 0. The minimum Gasteiger partial charge on any atom is -0.464 e. The van der Waals surface area contributed by atoms with Crippen LogP contribution in [0.5, 0.6) is 0 Å². The molecule has 1 aromatic heterocycles. The van der Waals surface area contributed by atoms with Gasteiger partial charge < -0.3 is 15.3 Å². The van der Waals surface area contributed by atoms with Gasteiger partial charge in [0.2, 0.25) is 0 Å². The molecule has 3 heteroatoms. The smallest absolute Gasteiger partial charge is 0.133 e. The number of hydrogen-bond acceptors (Lipinski definition) is 3. The van der Waals surface area contributed by atoms with E-state index in [1.54, 1.807) is 6.26 Å². The van der Waals surface area contributed by atoms with Crippen molar-refractivity contribution in [3.8, 4) is 0 Å². The maximum atomic E-state index is 9.48. The van der Waals surface area contributed by atoms with Gasteiger partial charge >= 0.3 is 0 Å². The number of fused-ring (bicyclic) bond motifs is 1. The maximum absolute atomic E-state index is 9.48. The molecule has 0 spiro atoms. The van der Waals surface area contributed by atoms with E-state index in [0.717, 1.165) is 23.8 Å². The molecule has 0 radical (unpaired) electrons. The summed E-state index contributed by atoms with van der Waals surface area (Å²) < 4.78 is 5.31. The molecule has 1 fully saturated rings. The molecule has 3 nitrogen and oxygen atoms in total. The van der Waals surface area contributed by atoms with Crippen LogP contribution < -0.4 is 5.73 Å². The van der Waals surface area contributed by atoms with Gasteiger partial charge in [-0.05, 0) is 36.6 Å². The van der Waals surface area contributed by atoms with Crippen molar-refractivity contribution in [2.45, 2.75) is 24.4 Å². The van der Waals surface area contributed by atoms with Crippen molar-refractivity contribution in [2.24, 2.45) is 5.73 Å². The fourth-order valence-corrected chi connectivity index (χ4v) is 2.66. The Morgan fingerprint density at radius 2 is 2.19 bits per heavy atom. The normalized spacial score (nSPS) is 29.2. The topological polar surface area (TPSA) is 59.4 Å². The third-order valence-corrected chi connectivity index (χ3v) is 3.71. The minimum absolute atomic E-state index is 0.0229. The second-order valence-electron chi connectivity index (χ2n) is 4.72. The van der Waals surface area contributed by atoms with E-state index in [1.165, 1.54) is 5.56 Å². The summed E-state index contributed by atoms with van der Waals surface area (Å²) in [7, 11) is 0. The number of aliphatic hydroxyl groups is 1. The second kappa shape index (κ2) is 3.34. The lowest BCUT2D eigenvalue weighted by Crippen LogP contribution is -2.49. The van der Waals surface area contributed by atoms with Crippen LogP contribution in [0.3, 0.4) is 0 Å². The van der Waals surface area contributed by atoms with E-state index in [2.05, 4.69) is 12.1 Å². The average molecular weight is 217 g/mol. The summed E-state index contributed by atoms with van der Waals surface area (Å²) in [5.41, 5.74) is 7.94. The van der Waals surface area contributed by atoms with Gasteiger partial charge in [-0.1, -0.05) is 6.07 Å². The number of nitrogens with two attached hydrogens (primary N) is 1. The minimum atomic E-state index is -0.191. The van der Waals surface area contributed by atoms with Gasteiger partial charge in [0.15, 0.2) is 0 Å². The van der Waals surface area contributed by atoms with Gasteiger partial charge in [-0.15, -0.1) is 0 Å². The maximum Gasteiger partial charge on any atom is 0.133 e. The molecule has 3 N–H and O–H groups in total. The molecular weight excluding hydrogens is 202 g/mol. The fraction of sp³-hybridized carbons (Fsp3) is 0.385. The van der Waals surface area contributed by atoms with Gasteiger partial charge in [0.1, 0.15) is 5.58 Å². The Morgan fingerprint density at radius 1 is 1.38 bits per heavy atom. The first kappa shape index (κ1) is 9.87. The van der Waals surface area contributed by atoms with Crippen LogP contribution in [0.2, 0.25) is 0 Å². The average Bonchev–Trinajstić information content (AvgIpc) is 2.71. The molecule has 1 aliphatic carbocycles. The first-order chi connectivity index (χ1) is 7.73. The van der Waals surface area contributed by atoms with Crippen molar-refractivity contribution in [3.05, 3.63) is 36.1 Å². The molecule has 1 heterocycles. The zero-order valence-corrected chi connectivity index (χ0v) is 9.02. The van der Waals surface area contributed by atoms with Crippen molar-refractivity contribution in [1.82, 2.24) is 0 Å². The first-order valence-corrected chi connectivity index (χ1v) is 5.59. The Balaban J connectivity index is 2.04. The van der Waals surface area contributed by atoms with Crippen LogP contribution in [-0.2, 0) is 5.41 Å². The van der Waals surface area contributed by atoms with E-state index in [4.69, 9.17) is 10.2 Å². The van der Waals surface area contributed by atoms with Crippen molar-refractivity contribution < 1.29 is 9.52 Å². The molecule has 84 valence electrons. The van der Waals surface area contributed by atoms with Crippen LogP contribution in [0.25, 0.3) is 11.0 Å². The lowest BCUT2D eigenvalue weighted by atomic mass is 9.62. The van der Waals surface area contributed by atoms with Gasteiger partial charge in [0.05, 0.1) is 12.4 Å². The van der Waals surface area contributed by atoms with Crippen molar-refractivity contribution >= 4 is 11.0 Å². The van der Waals surface area contributed by atoms with Crippen LogP contribution >= 0.6 is 0 Å². The van der Waals surface area contributed by atoms with Gasteiger partial charge in [-0.2, -0.15) is 0 Å². The quantitative estimate of drug-likeness (QED) is 0.806. The first-order valence-electron chi connectivity index (χ1n) is 5.59. The Labute approximate surface area is 93.9 Å². The predicted molar refractivity (Wildman–Crippen MR) is 62.2 cm³/mol. The summed E-state index contributed by atoms with van der Waals surface area (Å²) in [6.07, 6.45) is 3.04. The second-order valence-corrected chi connectivity index (χ2v) is 4.72. The molecule has 0 unspecified atom stereocenters. The molecule has 0 amide bonds. The monoisotopic (exact) mass is 217 g/mol. The van der Waals surface area contributed by atoms with Crippen LogP contribution in [0, 0.1) is 0 Å². The highest BCUT2D eigenvalue weighted by molar-refractivity contribution is 5.78. The molecule has 16 heavy (non-hydrogen) atoms. The lowest BCUT2D eigenvalue weighted by Gasteiger charge is -2.45. The number of rotatable bonds is 2. The predicted octanol–water partition coefficient (Wildman–Crippen LogP) is 1.78. The van der Waals surface area contributed by atoms with Crippen molar-refractivity contribution in [3.63, 3.8) is 0 Å². The molecule has 0 atom stereocenters. The molecule has 3 rings (SSSR count). The molecular formula is C13H15NO2. The van der Waals surface area contributed by atoms with Gasteiger partial charge in [-0.3, -0.25) is 0 Å². The van der Waals surface area contributed by atoms with Gasteiger partial charge in [0.25, 0.3) is 0 Å². The molecule has 0 aliphatic heterocycles. The molecule has 0 saturated heterocycles. The number of furan rings is 1. The van der Waals surface area contributed by atoms with E-state index < -0.39 is 0 Å². The summed E-state index contributed by atoms with van der Waals surface area (Å²) in [5, 5.41) is 10.6. The van der Waals surface area contributed by atoms with Gasteiger partial charge in [-0.25, -0.2) is 0 Å². The highest BCUT2D eigenvalue weighted by Crippen LogP contribution is 2.43. The highest BCUT2D eigenvalue weighted by Gasteiger charge is 2.43. The van der Waals surface area contributed by atoms with E-state index >= 15 is 0 Å². The van der Waals surface area contributed by atoms with Crippen molar-refractivity contribution in [1.29, 1.82) is 0 Å². The van der Waals surface area contributed by atoms with Crippen LogP contribution in [0.15, 0.2) is 34.9 Å². The Hall–Kier alpha value is -1.32.